The van der Waals surface area contributed by atoms with Gasteiger partial charge in [0.2, 0.25) is 0 Å². The zero-order chi connectivity index (χ0) is 14.1. The van der Waals surface area contributed by atoms with Gasteiger partial charge in [0, 0.05) is 21.0 Å². The molecule has 100 valence electrons. The monoisotopic (exact) mass is 343 g/mol. The molecule has 0 atom stereocenters. The van der Waals surface area contributed by atoms with E-state index in [2.05, 4.69) is 59.4 Å². The highest BCUT2D eigenvalue weighted by atomic mass is 79.9. The third kappa shape index (κ3) is 2.56. The number of nitrogens with zero attached hydrogens (tertiary/aromatic N) is 1. The number of hydrogen-bond donors (Lipinski definition) is 0. The Hall–Kier alpha value is -1.45. The molecule has 3 aromatic rings. The number of aryl methyl sites for hydroxylation is 2. The van der Waals surface area contributed by atoms with Gasteiger partial charge in [-0.2, -0.15) is 0 Å². The lowest BCUT2D eigenvalue weighted by Gasteiger charge is -2.02. The average molecular weight is 344 g/mol. The van der Waals surface area contributed by atoms with Crippen LogP contribution in [0.2, 0.25) is 0 Å². The van der Waals surface area contributed by atoms with Crippen LogP contribution >= 0.6 is 27.3 Å². The zero-order valence-electron chi connectivity index (χ0n) is 11.4. The van der Waals surface area contributed by atoms with Gasteiger partial charge in [-0.1, -0.05) is 46.3 Å². The molecule has 0 aliphatic rings. The summed E-state index contributed by atoms with van der Waals surface area (Å²) in [6, 6.07) is 14.7. The molecule has 0 bridgehead atoms. The molecule has 1 heterocycles. The summed E-state index contributed by atoms with van der Waals surface area (Å²) < 4.78 is 1.08. The number of benzene rings is 2. The molecule has 0 aliphatic heterocycles. The van der Waals surface area contributed by atoms with Crippen molar-refractivity contribution in [2.75, 3.05) is 0 Å². The zero-order valence-corrected chi connectivity index (χ0v) is 13.8. The van der Waals surface area contributed by atoms with Crippen molar-refractivity contribution in [3.63, 3.8) is 0 Å². The smallest absolute Gasteiger partial charge is 0.125 e. The Morgan fingerprint density at radius 3 is 2.55 bits per heavy atom. The molecule has 0 N–H and O–H groups in total. The maximum Gasteiger partial charge on any atom is 0.125 e. The van der Waals surface area contributed by atoms with E-state index < -0.39 is 0 Å². The van der Waals surface area contributed by atoms with Crippen molar-refractivity contribution in [1.82, 2.24) is 4.98 Å². The first-order valence-electron chi connectivity index (χ1n) is 6.43. The molecular formula is C17H14BrNS. The van der Waals surface area contributed by atoms with Crippen molar-refractivity contribution < 1.29 is 0 Å². The van der Waals surface area contributed by atoms with Crippen LogP contribution in [0.1, 0.15) is 11.1 Å². The first-order valence-corrected chi connectivity index (χ1v) is 8.10. The average Bonchev–Trinajstić information content (AvgIpc) is 2.92. The highest BCUT2D eigenvalue weighted by Gasteiger charge is 2.09. The Morgan fingerprint density at radius 2 is 1.80 bits per heavy atom. The van der Waals surface area contributed by atoms with Gasteiger partial charge in [-0.15, -0.1) is 11.3 Å². The lowest BCUT2D eigenvalue weighted by atomic mass is 10.1. The van der Waals surface area contributed by atoms with Gasteiger partial charge in [-0.3, -0.25) is 0 Å². The van der Waals surface area contributed by atoms with Crippen LogP contribution in [0.4, 0.5) is 0 Å². The normalized spacial score (nSPS) is 10.8. The van der Waals surface area contributed by atoms with Crippen LogP contribution < -0.4 is 0 Å². The van der Waals surface area contributed by atoms with E-state index in [4.69, 9.17) is 4.98 Å². The number of thiazole rings is 1. The van der Waals surface area contributed by atoms with Crippen LogP contribution in [0, 0.1) is 13.8 Å². The van der Waals surface area contributed by atoms with Crippen LogP contribution in [-0.2, 0) is 0 Å². The van der Waals surface area contributed by atoms with E-state index in [0.29, 0.717) is 0 Å². The molecule has 2 aromatic carbocycles. The fourth-order valence-corrected chi connectivity index (χ4v) is 3.54. The Kier molecular flexibility index (Phi) is 3.72. The van der Waals surface area contributed by atoms with E-state index in [1.165, 1.54) is 16.7 Å². The highest BCUT2D eigenvalue weighted by molar-refractivity contribution is 9.10. The molecule has 0 spiro atoms. The van der Waals surface area contributed by atoms with Crippen molar-refractivity contribution in [3.05, 3.63) is 63.4 Å². The maximum absolute atomic E-state index is 4.77. The second-order valence-corrected chi connectivity index (χ2v) is 6.53. The SMILES string of the molecule is Cc1ccc(-c2csc(-c3ccccc3Br)n2)cc1C. The molecule has 3 heteroatoms. The minimum Gasteiger partial charge on any atom is -0.236 e. The molecular weight excluding hydrogens is 330 g/mol. The number of rotatable bonds is 2. The van der Waals surface area contributed by atoms with Gasteiger partial charge in [0.25, 0.3) is 0 Å². The van der Waals surface area contributed by atoms with E-state index in [0.717, 1.165) is 20.7 Å². The van der Waals surface area contributed by atoms with Gasteiger partial charge in [0.05, 0.1) is 5.69 Å². The van der Waals surface area contributed by atoms with Crippen LogP contribution in [0.5, 0.6) is 0 Å². The topological polar surface area (TPSA) is 12.9 Å². The first-order chi connectivity index (χ1) is 9.65. The van der Waals surface area contributed by atoms with E-state index in [1.807, 2.05) is 18.2 Å². The van der Waals surface area contributed by atoms with Crippen molar-refractivity contribution in [1.29, 1.82) is 0 Å². The van der Waals surface area contributed by atoms with Crippen LogP contribution in [0.15, 0.2) is 52.3 Å². The van der Waals surface area contributed by atoms with Crippen LogP contribution in [-0.4, -0.2) is 4.98 Å². The second-order valence-electron chi connectivity index (χ2n) is 4.82. The van der Waals surface area contributed by atoms with Crippen LogP contribution in [0.3, 0.4) is 0 Å². The summed E-state index contributed by atoms with van der Waals surface area (Å²) in [6.07, 6.45) is 0. The summed E-state index contributed by atoms with van der Waals surface area (Å²) in [5.41, 5.74) is 5.99. The van der Waals surface area contributed by atoms with E-state index in [1.54, 1.807) is 11.3 Å². The molecule has 1 nitrogen and oxygen atoms in total. The first kappa shape index (κ1) is 13.5. The summed E-state index contributed by atoms with van der Waals surface area (Å²) in [6.45, 7) is 4.27. The van der Waals surface area contributed by atoms with Crippen LogP contribution in [0.25, 0.3) is 21.8 Å². The molecule has 0 saturated heterocycles. The van der Waals surface area contributed by atoms with Crippen molar-refractivity contribution in [2.24, 2.45) is 0 Å². The molecule has 0 aliphatic carbocycles. The summed E-state index contributed by atoms with van der Waals surface area (Å²) in [5, 5.41) is 3.17. The molecule has 1 aromatic heterocycles. The lowest BCUT2D eigenvalue weighted by molar-refractivity contribution is 1.32. The molecule has 0 radical (unpaired) electrons. The van der Waals surface area contributed by atoms with Crippen molar-refractivity contribution >= 4 is 27.3 Å². The minimum atomic E-state index is 1.05. The second kappa shape index (κ2) is 5.51. The summed E-state index contributed by atoms with van der Waals surface area (Å²) in [5.74, 6) is 0. The molecule has 0 fully saturated rings. The van der Waals surface area contributed by atoms with E-state index in [9.17, 15) is 0 Å². The number of halogens is 1. The molecule has 0 unspecified atom stereocenters. The Balaban J connectivity index is 2.02. The van der Waals surface area contributed by atoms with E-state index in [-0.39, 0.29) is 0 Å². The van der Waals surface area contributed by atoms with Gasteiger partial charge >= 0.3 is 0 Å². The van der Waals surface area contributed by atoms with Gasteiger partial charge < -0.3 is 0 Å². The largest absolute Gasteiger partial charge is 0.236 e. The summed E-state index contributed by atoms with van der Waals surface area (Å²) in [7, 11) is 0. The number of aromatic nitrogens is 1. The standard InChI is InChI=1S/C17H14BrNS/c1-11-7-8-13(9-12(11)2)16-10-20-17(19-16)14-5-3-4-6-15(14)18/h3-10H,1-2H3. The summed E-state index contributed by atoms with van der Waals surface area (Å²) >= 11 is 5.27. The predicted octanol–water partition coefficient (Wildman–Crippen LogP) is 5.86. The maximum atomic E-state index is 4.77. The molecule has 20 heavy (non-hydrogen) atoms. The van der Waals surface area contributed by atoms with Gasteiger partial charge in [-0.25, -0.2) is 4.98 Å². The minimum absolute atomic E-state index is 1.05. The third-order valence-electron chi connectivity index (χ3n) is 3.41. The molecule has 0 saturated carbocycles. The van der Waals surface area contributed by atoms with Gasteiger partial charge in [0.15, 0.2) is 0 Å². The Bertz CT molecular complexity index is 761. The van der Waals surface area contributed by atoms with Gasteiger partial charge in [0.1, 0.15) is 5.01 Å². The Labute approximate surface area is 131 Å². The van der Waals surface area contributed by atoms with Crippen molar-refractivity contribution in [3.8, 4) is 21.8 Å². The highest BCUT2D eigenvalue weighted by Crippen LogP contribution is 2.33. The quantitative estimate of drug-likeness (QED) is 0.568. The molecule has 0 amide bonds. The summed E-state index contributed by atoms with van der Waals surface area (Å²) in [4.78, 5) is 4.77. The fourth-order valence-electron chi connectivity index (χ4n) is 2.07. The van der Waals surface area contributed by atoms with Crippen molar-refractivity contribution in [2.45, 2.75) is 13.8 Å². The van der Waals surface area contributed by atoms with Gasteiger partial charge in [-0.05, 0) is 37.1 Å². The number of hydrogen-bond acceptors (Lipinski definition) is 2. The fraction of sp³-hybridized carbons (Fsp3) is 0.118. The molecule has 3 rings (SSSR count). The Morgan fingerprint density at radius 1 is 1.00 bits per heavy atom. The third-order valence-corrected chi connectivity index (χ3v) is 4.98. The predicted molar refractivity (Wildman–Crippen MR) is 90.2 cm³/mol. The van der Waals surface area contributed by atoms with E-state index >= 15 is 0 Å². The lowest BCUT2D eigenvalue weighted by Crippen LogP contribution is -1.84.